The number of benzene rings is 1. The number of aliphatic hydroxyl groups is 1. The van der Waals surface area contributed by atoms with E-state index in [4.69, 9.17) is 14.6 Å². The van der Waals surface area contributed by atoms with E-state index in [1.54, 1.807) is 13.2 Å². The molecule has 4 heteroatoms. The number of halogens is 1. The van der Waals surface area contributed by atoms with Crippen molar-refractivity contribution in [2.75, 3.05) is 18.1 Å². The van der Waals surface area contributed by atoms with Gasteiger partial charge in [0, 0.05) is 4.43 Å². The Labute approximate surface area is 109 Å². The third-order valence-electron chi connectivity index (χ3n) is 2.00. The van der Waals surface area contributed by atoms with Crippen molar-refractivity contribution in [1.82, 2.24) is 0 Å². The van der Waals surface area contributed by atoms with Crippen LogP contribution in [-0.2, 0) is 6.61 Å². The molecule has 3 nitrogen and oxygen atoms in total. The van der Waals surface area contributed by atoms with Gasteiger partial charge in [0.15, 0.2) is 11.5 Å². The maximum absolute atomic E-state index is 8.99. The molecule has 88 valence electrons. The van der Waals surface area contributed by atoms with Gasteiger partial charge in [0.1, 0.15) is 6.61 Å². The van der Waals surface area contributed by atoms with E-state index >= 15 is 0 Å². The van der Waals surface area contributed by atoms with Crippen molar-refractivity contribution in [1.29, 1.82) is 0 Å². The molecule has 1 N–H and O–H groups in total. The molecular formula is C12H15IO3. The summed E-state index contributed by atoms with van der Waals surface area (Å²) in [5.41, 5.74) is 0.812. The Bertz CT molecular complexity index is 350. The second-order valence-electron chi connectivity index (χ2n) is 3.08. The third-order valence-corrected chi connectivity index (χ3v) is 2.51. The summed E-state index contributed by atoms with van der Waals surface area (Å²) in [6.45, 7) is 0.531. The molecule has 0 saturated heterocycles. The molecule has 0 radical (unpaired) electrons. The summed E-state index contributed by atoms with van der Waals surface area (Å²) >= 11 is 2.27. The van der Waals surface area contributed by atoms with Gasteiger partial charge in [0.2, 0.25) is 0 Å². The van der Waals surface area contributed by atoms with Crippen LogP contribution in [0.3, 0.4) is 0 Å². The lowest BCUT2D eigenvalue weighted by Gasteiger charge is -2.10. The van der Waals surface area contributed by atoms with Crippen LogP contribution in [0, 0.1) is 0 Å². The van der Waals surface area contributed by atoms with Gasteiger partial charge in [-0.25, -0.2) is 0 Å². The summed E-state index contributed by atoms with van der Waals surface area (Å²) in [4.78, 5) is 0. The smallest absolute Gasteiger partial charge is 0.161 e. The van der Waals surface area contributed by atoms with Gasteiger partial charge < -0.3 is 14.6 Å². The maximum Gasteiger partial charge on any atom is 0.161 e. The molecule has 0 saturated carbocycles. The van der Waals surface area contributed by atoms with E-state index in [2.05, 4.69) is 22.6 Å². The van der Waals surface area contributed by atoms with Crippen molar-refractivity contribution in [2.24, 2.45) is 0 Å². The first-order chi connectivity index (χ1) is 7.81. The molecule has 0 fully saturated rings. The number of hydrogen-bond donors (Lipinski definition) is 1. The van der Waals surface area contributed by atoms with E-state index in [0.717, 1.165) is 9.99 Å². The summed E-state index contributed by atoms with van der Waals surface area (Å²) < 4.78 is 11.7. The number of alkyl halides is 1. The first-order valence-electron chi connectivity index (χ1n) is 4.93. The fourth-order valence-corrected chi connectivity index (χ4v) is 1.56. The zero-order valence-corrected chi connectivity index (χ0v) is 11.3. The number of allylic oxidation sites excluding steroid dienone is 1. The van der Waals surface area contributed by atoms with Gasteiger partial charge in [0.05, 0.1) is 13.7 Å². The van der Waals surface area contributed by atoms with Crippen molar-refractivity contribution in [3.8, 4) is 11.5 Å². The normalized spacial score (nSPS) is 10.7. The Morgan fingerprint density at radius 1 is 1.31 bits per heavy atom. The molecule has 1 aromatic carbocycles. The summed E-state index contributed by atoms with van der Waals surface area (Å²) in [7, 11) is 1.59. The number of methoxy groups -OCH3 is 1. The fraction of sp³-hybridized carbons (Fsp3) is 0.333. The largest absolute Gasteiger partial charge is 0.493 e. The molecule has 1 rings (SSSR count). The van der Waals surface area contributed by atoms with Gasteiger partial charge in [-0.15, -0.1) is 0 Å². The van der Waals surface area contributed by atoms with Gasteiger partial charge in [0.25, 0.3) is 0 Å². The Morgan fingerprint density at radius 3 is 2.75 bits per heavy atom. The van der Waals surface area contributed by atoms with Crippen molar-refractivity contribution >= 4 is 22.6 Å². The van der Waals surface area contributed by atoms with E-state index in [-0.39, 0.29) is 6.61 Å². The molecule has 0 unspecified atom stereocenters. The zero-order chi connectivity index (χ0) is 11.8. The lowest BCUT2D eigenvalue weighted by molar-refractivity contribution is 0.279. The third kappa shape index (κ3) is 4.02. The number of aliphatic hydroxyl groups excluding tert-OH is 1. The van der Waals surface area contributed by atoms with Crippen LogP contribution in [-0.4, -0.2) is 23.3 Å². The molecule has 16 heavy (non-hydrogen) atoms. The second kappa shape index (κ2) is 7.51. The molecule has 1 aromatic rings. The SMILES string of the molecule is COc1cc(CO)ccc1OC/C=C\CI. The Balaban J connectivity index is 2.68. The average Bonchev–Trinajstić information content (AvgIpc) is 2.34. The summed E-state index contributed by atoms with van der Waals surface area (Å²) in [5.74, 6) is 1.34. The van der Waals surface area contributed by atoms with E-state index in [0.29, 0.717) is 18.1 Å². The first-order valence-corrected chi connectivity index (χ1v) is 6.46. The first kappa shape index (κ1) is 13.3. The van der Waals surface area contributed by atoms with Crippen molar-refractivity contribution in [3.05, 3.63) is 35.9 Å². The van der Waals surface area contributed by atoms with Crippen LogP contribution in [0.1, 0.15) is 5.56 Å². The van der Waals surface area contributed by atoms with Gasteiger partial charge in [-0.2, -0.15) is 0 Å². The van der Waals surface area contributed by atoms with Gasteiger partial charge >= 0.3 is 0 Å². The Hall–Kier alpha value is -0.750. The quantitative estimate of drug-likeness (QED) is 0.494. The van der Waals surface area contributed by atoms with Crippen LogP contribution in [0.25, 0.3) is 0 Å². The number of hydrogen-bond acceptors (Lipinski definition) is 3. The molecule has 0 heterocycles. The van der Waals surface area contributed by atoms with Crippen LogP contribution in [0.4, 0.5) is 0 Å². The average molecular weight is 334 g/mol. The maximum atomic E-state index is 8.99. The highest BCUT2D eigenvalue weighted by atomic mass is 127. The molecule has 0 aromatic heterocycles. The van der Waals surface area contributed by atoms with E-state index in [1.807, 2.05) is 24.3 Å². The summed E-state index contributed by atoms with van der Waals surface area (Å²) in [6, 6.07) is 5.40. The van der Waals surface area contributed by atoms with Crippen LogP contribution >= 0.6 is 22.6 Å². The minimum atomic E-state index is 0.00534. The lowest BCUT2D eigenvalue weighted by atomic mass is 10.2. The van der Waals surface area contributed by atoms with Gasteiger partial charge in [-0.1, -0.05) is 40.8 Å². The molecule has 0 aliphatic rings. The highest BCUT2D eigenvalue weighted by Gasteiger charge is 2.04. The van der Waals surface area contributed by atoms with Crippen molar-refractivity contribution in [3.63, 3.8) is 0 Å². The lowest BCUT2D eigenvalue weighted by Crippen LogP contribution is -1.97. The molecule has 0 bridgehead atoms. The molecule has 0 amide bonds. The van der Waals surface area contributed by atoms with Crippen molar-refractivity contribution < 1.29 is 14.6 Å². The standard InChI is InChI=1S/C12H15IO3/c1-15-12-8-10(9-14)4-5-11(12)16-7-3-2-6-13/h2-5,8,14H,6-7,9H2,1H3/b3-2-. The summed E-state index contributed by atoms with van der Waals surface area (Å²) in [6.07, 6.45) is 4.00. The van der Waals surface area contributed by atoms with Crippen LogP contribution < -0.4 is 9.47 Å². The van der Waals surface area contributed by atoms with E-state index in [9.17, 15) is 0 Å². The highest BCUT2D eigenvalue weighted by Crippen LogP contribution is 2.27. The predicted molar refractivity (Wildman–Crippen MR) is 72.4 cm³/mol. The van der Waals surface area contributed by atoms with Crippen LogP contribution in [0.5, 0.6) is 11.5 Å². The number of ether oxygens (including phenoxy) is 2. The summed E-state index contributed by atoms with van der Waals surface area (Å²) in [5, 5.41) is 8.99. The molecule has 0 aliphatic heterocycles. The minimum Gasteiger partial charge on any atom is -0.493 e. The van der Waals surface area contributed by atoms with Gasteiger partial charge in [-0.3, -0.25) is 0 Å². The minimum absolute atomic E-state index is 0.00534. The van der Waals surface area contributed by atoms with Crippen molar-refractivity contribution in [2.45, 2.75) is 6.61 Å². The van der Waals surface area contributed by atoms with Crippen LogP contribution in [0.2, 0.25) is 0 Å². The van der Waals surface area contributed by atoms with Crippen LogP contribution in [0.15, 0.2) is 30.4 Å². The predicted octanol–water partition coefficient (Wildman–Crippen LogP) is 2.56. The topological polar surface area (TPSA) is 38.7 Å². The second-order valence-corrected chi connectivity index (χ2v) is 3.96. The van der Waals surface area contributed by atoms with Gasteiger partial charge in [-0.05, 0) is 17.7 Å². The fourth-order valence-electron chi connectivity index (χ4n) is 1.20. The molecule has 0 spiro atoms. The zero-order valence-electron chi connectivity index (χ0n) is 9.15. The molecular weight excluding hydrogens is 319 g/mol. The molecule has 0 atom stereocenters. The monoisotopic (exact) mass is 334 g/mol. The molecule has 0 aliphatic carbocycles. The highest BCUT2D eigenvalue weighted by molar-refractivity contribution is 14.1. The van der Waals surface area contributed by atoms with E-state index in [1.165, 1.54) is 0 Å². The Kier molecular flexibility index (Phi) is 6.25. The number of rotatable bonds is 6. The Morgan fingerprint density at radius 2 is 2.12 bits per heavy atom. The van der Waals surface area contributed by atoms with E-state index < -0.39 is 0 Å².